The molecule has 3 nitrogen and oxygen atoms in total. The molecule has 0 radical (unpaired) electrons. The van der Waals surface area contributed by atoms with Crippen molar-refractivity contribution in [1.82, 2.24) is 4.98 Å². The molecule has 0 fully saturated rings. The van der Waals surface area contributed by atoms with Gasteiger partial charge in [-0.25, -0.2) is 4.98 Å². The molecule has 82 valence electrons. The predicted octanol–water partition coefficient (Wildman–Crippen LogP) is 3.18. The Balaban J connectivity index is 2.28. The van der Waals surface area contributed by atoms with E-state index in [1.54, 1.807) is 25.4 Å². The van der Waals surface area contributed by atoms with Gasteiger partial charge < -0.3 is 5.32 Å². The number of hydrogen-bond donors (Lipinski definition) is 1. The van der Waals surface area contributed by atoms with Gasteiger partial charge in [0.15, 0.2) is 5.13 Å². The highest BCUT2D eigenvalue weighted by Gasteiger charge is 2.12. The van der Waals surface area contributed by atoms with Crippen molar-refractivity contribution >= 4 is 38.2 Å². The summed E-state index contributed by atoms with van der Waals surface area (Å²) in [6.45, 7) is 0. The van der Waals surface area contributed by atoms with Crippen LogP contribution in [0.2, 0.25) is 0 Å². The van der Waals surface area contributed by atoms with Crippen LogP contribution in [0.5, 0.6) is 0 Å². The number of carbonyl (C=O) groups excluding carboxylic acids is 1. The van der Waals surface area contributed by atoms with E-state index >= 15 is 0 Å². The van der Waals surface area contributed by atoms with Gasteiger partial charge in [-0.05, 0) is 24.3 Å². The summed E-state index contributed by atoms with van der Waals surface area (Å²) in [5, 5.41) is 3.66. The van der Waals surface area contributed by atoms with Crippen LogP contribution in [0.25, 0.3) is 0 Å². The largest absolute Gasteiger partial charge is 0.365 e. The Morgan fingerprint density at radius 3 is 2.62 bits per heavy atom. The molecule has 16 heavy (non-hydrogen) atoms. The maximum atomic E-state index is 12.0. The Kier molecular flexibility index (Phi) is 3.36. The molecule has 0 unspecified atom stereocenters. The van der Waals surface area contributed by atoms with E-state index in [2.05, 4.69) is 26.2 Å². The average Bonchev–Trinajstić information content (AvgIpc) is 2.77. The normalized spacial score (nSPS) is 10.1. The third kappa shape index (κ3) is 2.31. The van der Waals surface area contributed by atoms with Gasteiger partial charge in [-0.2, -0.15) is 0 Å². The topological polar surface area (TPSA) is 42.0 Å². The second kappa shape index (κ2) is 4.76. The lowest BCUT2D eigenvalue weighted by Crippen LogP contribution is -1.97. The van der Waals surface area contributed by atoms with Crippen LogP contribution in [0, 0.1) is 0 Å². The zero-order valence-corrected chi connectivity index (χ0v) is 10.9. The van der Waals surface area contributed by atoms with Gasteiger partial charge in [0.05, 0.1) is 11.1 Å². The third-order valence-corrected chi connectivity index (χ3v) is 3.59. The summed E-state index contributed by atoms with van der Waals surface area (Å²) in [6.07, 6.45) is 1.60. The molecular weight excluding hydrogens is 288 g/mol. The second-order valence-corrected chi connectivity index (χ2v) is 5.06. The number of rotatable bonds is 3. The molecule has 0 aliphatic carbocycles. The third-order valence-electron chi connectivity index (χ3n) is 2.05. The molecule has 0 amide bonds. The van der Waals surface area contributed by atoms with Crippen LogP contribution < -0.4 is 5.32 Å². The molecule has 0 bridgehead atoms. The minimum absolute atomic E-state index is 0.00602. The minimum atomic E-state index is 0.00602. The second-order valence-electron chi connectivity index (χ2n) is 3.12. The molecule has 0 spiro atoms. The molecule has 1 heterocycles. The molecule has 2 aromatic rings. The maximum Gasteiger partial charge on any atom is 0.204 e. The van der Waals surface area contributed by atoms with Crippen LogP contribution in [0.4, 0.5) is 5.13 Å². The minimum Gasteiger partial charge on any atom is -0.365 e. The number of carbonyl (C=O) groups is 1. The number of nitrogens with one attached hydrogen (secondary N) is 1. The number of ketones is 1. The number of halogens is 1. The summed E-state index contributed by atoms with van der Waals surface area (Å²) < 4.78 is 0.962. The van der Waals surface area contributed by atoms with Crippen molar-refractivity contribution in [2.24, 2.45) is 0 Å². The van der Waals surface area contributed by atoms with Gasteiger partial charge in [-0.3, -0.25) is 4.79 Å². The van der Waals surface area contributed by atoms with Crippen molar-refractivity contribution in [2.45, 2.75) is 0 Å². The van der Waals surface area contributed by atoms with Crippen LogP contribution in [0.15, 0.2) is 34.9 Å². The Morgan fingerprint density at radius 1 is 1.38 bits per heavy atom. The first kappa shape index (κ1) is 11.3. The standard InChI is InChI=1S/C11H9BrN2OS/c1-13-11-14-6-9(16-11)10(15)7-2-4-8(12)5-3-7/h2-6H,1H3,(H,13,14). The van der Waals surface area contributed by atoms with Gasteiger partial charge in [-0.1, -0.05) is 27.3 Å². The van der Waals surface area contributed by atoms with Crippen molar-refractivity contribution in [3.05, 3.63) is 45.4 Å². The molecule has 0 atom stereocenters. The highest BCUT2D eigenvalue weighted by molar-refractivity contribution is 9.10. The van der Waals surface area contributed by atoms with Gasteiger partial charge in [-0.15, -0.1) is 0 Å². The molecule has 0 aliphatic rings. The Morgan fingerprint density at radius 2 is 2.06 bits per heavy atom. The monoisotopic (exact) mass is 296 g/mol. The van der Waals surface area contributed by atoms with Crippen LogP contribution >= 0.6 is 27.3 Å². The molecular formula is C11H9BrN2OS. The zero-order valence-electron chi connectivity index (χ0n) is 8.53. The average molecular weight is 297 g/mol. The summed E-state index contributed by atoms with van der Waals surface area (Å²) in [5.41, 5.74) is 0.675. The number of thiazole rings is 1. The van der Waals surface area contributed by atoms with Gasteiger partial charge >= 0.3 is 0 Å². The first-order valence-corrected chi connectivity index (χ1v) is 6.25. The highest BCUT2D eigenvalue weighted by Crippen LogP contribution is 2.21. The molecule has 0 aliphatic heterocycles. The van der Waals surface area contributed by atoms with E-state index in [1.165, 1.54) is 11.3 Å². The van der Waals surface area contributed by atoms with E-state index in [9.17, 15) is 4.79 Å². The quantitative estimate of drug-likeness (QED) is 0.885. The lowest BCUT2D eigenvalue weighted by molar-refractivity contribution is 0.104. The van der Waals surface area contributed by atoms with Gasteiger partial charge in [0.2, 0.25) is 5.78 Å². The molecule has 1 aromatic heterocycles. The molecule has 2 rings (SSSR count). The first-order valence-electron chi connectivity index (χ1n) is 4.64. The lowest BCUT2D eigenvalue weighted by atomic mass is 10.1. The molecule has 5 heteroatoms. The van der Waals surface area contributed by atoms with E-state index in [4.69, 9.17) is 0 Å². The fourth-order valence-corrected chi connectivity index (χ4v) is 2.23. The summed E-state index contributed by atoms with van der Waals surface area (Å²) in [7, 11) is 1.78. The van der Waals surface area contributed by atoms with Crippen LogP contribution in [0.1, 0.15) is 15.2 Å². The van der Waals surface area contributed by atoms with E-state index in [-0.39, 0.29) is 5.78 Å². The fraction of sp³-hybridized carbons (Fsp3) is 0.0909. The summed E-state index contributed by atoms with van der Waals surface area (Å²) in [5.74, 6) is 0.00602. The SMILES string of the molecule is CNc1ncc(C(=O)c2ccc(Br)cc2)s1. The van der Waals surface area contributed by atoms with E-state index < -0.39 is 0 Å². The maximum absolute atomic E-state index is 12.0. The molecule has 1 aromatic carbocycles. The van der Waals surface area contributed by atoms with E-state index in [1.807, 2.05) is 12.1 Å². The van der Waals surface area contributed by atoms with Crippen LogP contribution in [-0.4, -0.2) is 17.8 Å². The van der Waals surface area contributed by atoms with Crippen molar-refractivity contribution in [3.63, 3.8) is 0 Å². The van der Waals surface area contributed by atoms with Crippen LogP contribution in [-0.2, 0) is 0 Å². The summed E-state index contributed by atoms with van der Waals surface area (Å²) >= 11 is 4.69. The van der Waals surface area contributed by atoms with Crippen molar-refractivity contribution in [1.29, 1.82) is 0 Å². The lowest BCUT2D eigenvalue weighted by Gasteiger charge is -1.97. The highest BCUT2D eigenvalue weighted by atomic mass is 79.9. The predicted molar refractivity (Wildman–Crippen MR) is 69.2 cm³/mol. The Bertz CT molecular complexity index is 507. The molecule has 0 saturated carbocycles. The van der Waals surface area contributed by atoms with Gasteiger partial charge in [0.25, 0.3) is 0 Å². The fourth-order valence-electron chi connectivity index (χ4n) is 1.24. The van der Waals surface area contributed by atoms with E-state index in [0.717, 1.165) is 9.60 Å². The number of benzene rings is 1. The van der Waals surface area contributed by atoms with E-state index in [0.29, 0.717) is 10.4 Å². The Hall–Kier alpha value is -1.20. The van der Waals surface area contributed by atoms with Crippen molar-refractivity contribution < 1.29 is 4.79 Å². The Labute approximate surface area is 106 Å². The number of hydrogen-bond acceptors (Lipinski definition) is 4. The first-order chi connectivity index (χ1) is 7.70. The van der Waals surface area contributed by atoms with Crippen molar-refractivity contribution in [2.75, 3.05) is 12.4 Å². The number of aromatic nitrogens is 1. The van der Waals surface area contributed by atoms with Gasteiger partial charge in [0.1, 0.15) is 0 Å². The van der Waals surface area contributed by atoms with Crippen molar-refractivity contribution in [3.8, 4) is 0 Å². The molecule has 1 N–H and O–H groups in total. The summed E-state index contributed by atoms with van der Waals surface area (Å²) in [6, 6.07) is 7.30. The van der Waals surface area contributed by atoms with Crippen LogP contribution in [0.3, 0.4) is 0 Å². The molecule has 0 saturated heterocycles. The van der Waals surface area contributed by atoms with Gasteiger partial charge in [0, 0.05) is 17.1 Å². The number of nitrogens with zero attached hydrogens (tertiary/aromatic N) is 1. The number of anilines is 1. The smallest absolute Gasteiger partial charge is 0.204 e. The zero-order chi connectivity index (χ0) is 11.5. The summed E-state index contributed by atoms with van der Waals surface area (Å²) in [4.78, 5) is 16.7.